The summed E-state index contributed by atoms with van der Waals surface area (Å²) >= 11 is 0. The fourth-order valence-electron chi connectivity index (χ4n) is 4.31. The van der Waals surface area contributed by atoms with E-state index >= 15 is 0 Å². The molecule has 1 heterocycles. The molecule has 0 saturated carbocycles. The van der Waals surface area contributed by atoms with E-state index in [-0.39, 0.29) is 22.7 Å². The Bertz CT molecular complexity index is 1530. The number of hydrogen-bond acceptors (Lipinski definition) is 7. The molecule has 0 amide bonds. The van der Waals surface area contributed by atoms with Gasteiger partial charge in [-0.05, 0) is 42.0 Å². The summed E-state index contributed by atoms with van der Waals surface area (Å²) in [5, 5.41) is 2.78. The number of carbonyl (C=O) groups excluding carboxylic acids is 1. The van der Waals surface area contributed by atoms with Crippen LogP contribution in [0.1, 0.15) is 16.1 Å². The molecule has 0 saturated heterocycles. The van der Waals surface area contributed by atoms with Crippen LogP contribution in [0.2, 0.25) is 0 Å². The minimum Gasteiger partial charge on any atom is -0.496 e. The first-order valence-electron chi connectivity index (χ1n) is 11.2. The lowest BCUT2D eigenvalue weighted by molar-refractivity contribution is 0.103. The van der Waals surface area contributed by atoms with Crippen LogP contribution in [0.15, 0.2) is 48.5 Å². The van der Waals surface area contributed by atoms with Gasteiger partial charge < -0.3 is 38.5 Å². The SMILES string of the molecule is COc1ccc(-c2c(C(=O)c3cc(OC)c(OC)c(OC)c3)[nH]c3cccc(OC)c23)cc1NP(=O)(O)O. The van der Waals surface area contributed by atoms with Gasteiger partial charge in [-0.25, -0.2) is 4.57 Å². The monoisotopic (exact) mass is 542 g/mol. The van der Waals surface area contributed by atoms with Gasteiger partial charge in [0.05, 0.1) is 57.8 Å². The first-order valence-corrected chi connectivity index (χ1v) is 12.8. The minimum atomic E-state index is -4.66. The van der Waals surface area contributed by atoms with Crippen LogP contribution in [0.4, 0.5) is 5.69 Å². The van der Waals surface area contributed by atoms with Crippen LogP contribution in [0.3, 0.4) is 0 Å². The Hall–Kier alpha value is -4.18. The number of anilines is 1. The molecule has 0 aliphatic rings. The van der Waals surface area contributed by atoms with Crippen molar-refractivity contribution in [2.45, 2.75) is 0 Å². The van der Waals surface area contributed by atoms with Gasteiger partial charge in [-0.2, -0.15) is 0 Å². The standard InChI is InChI=1S/C26H27N2O9P/c1-33-18-10-9-14(11-17(18)28-38(30,31)32)22-23-16(7-6-8-19(23)34-2)27-24(22)25(29)15-12-20(35-3)26(37-5)21(13-15)36-4/h6-13,27H,1-5H3,(H3,28,30,31,32). The van der Waals surface area contributed by atoms with Crippen molar-refractivity contribution in [3.05, 3.63) is 59.8 Å². The average Bonchev–Trinajstić information content (AvgIpc) is 3.30. The lowest BCUT2D eigenvalue weighted by Crippen LogP contribution is -2.06. The highest BCUT2D eigenvalue weighted by atomic mass is 31.2. The van der Waals surface area contributed by atoms with Crippen LogP contribution in [0.25, 0.3) is 22.0 Å². The van der Waals surface area contributed by atoms with Crippen LogP contribution in [0, 0.1) is 0 Å². The van der Waals surface area contributed by atoms with E-state index < -0.39 is 13.5 Å². The molecule has 4 N–H and O–H groups in total. The van der Waals surface area contributed by atoms with Crippen molar-refractivity contribution in [1.82, 2.24) is 4.98 Å². The molecule has 0 radical (unpaired) electrons. The summed E-state index contributed by atoms with van der Waals surface area (Å²) in [6.07, 6.45) is 0. The van der Waals surface area contributed by atoms with Gasteiger partial charge >= 0.3 is 7.75 Å². The molecule has 0 aliphatic carbocycles. The van der Waals surface area contributed by atoms with E-state index in [4.69, 9.17) is 23.7 Å². The maximum absolute atomic E-state index is 14.0. The second kappa shape index (κ2) is 10.7. The van der Waals surface area contributed by atoms with Crippen LogP contribution < -0.4 is 28.8 Å². The summed E-state index contributed by atoms with van der Waals surface area (Å²) in [5.74, 6) is 1.27. The van der Waals surface area contributed by atoms with Gasteiger partial charge in [-0.1, -0.05) is 12.1 Å². The molecule has 0 spiro atoms. The average molecular weight is 542 g/mol. The lowest BCUT2D eigenvalue weighted by atomic mass is 9.96. The van der Waals surface area contributed by atoms with Crippen molar-refractivity contribution in [2.75, 3.05) is 40.6 Å². The highest BCUT2D eigenvalue weighted by Crippen LogP contribution is 2.45. The number of aromatic nitrogens is 1. The normalized spacial score (nSPS) is 11.2. The second-order valence-corrected chi connectivity index (χ2v) is 9.38. The third-order valence-corrected chi connectivity index (χ3v) is 6.45. The predicted molar refractivity (Wildman–Crippen MR) is 142 cm³/mol. The highest BCUT2D eigenvalue weighted by Gasteiger charge is 2.26. The second-order valence-electron chi connectivity index (χ2n) is 8.07. The van der Waals surface area contributed by atoms with Crippen molar-refractivity contribution in [1.29, 1.82) is 0 Å². The van der Waals surface area contributed by atoms with Crippen LogP contribution in [-0.2, 0) is 4.57 Å². The van der Waals surface area contributed by atoms with E-state index in [1.807, 2.05) is 0 Å². The zero-order valence-electron chi connectivity index (χ0n) is 21.3. The molecule has 3 aromatic carbocycles. The zero-order chi connectivity index (χ0) is 27.6. The number of nitrogens with one attached hydrogen (secondary N) is 2. The van der Waals surface area contributed by atoms with Crippen molar-refractivity contribution in [3.8, 4) is 39.9 Å². The summed E-state index contributed by atoms with van der Waals surface area (Å²) in [6.45, 7) is 0. The number of H-pyrrole nitrogens is 1. The summed E-state index contributed by atoms with van der Waals surface area (Å²) in [5.41, 5.74) is 2.09. The molecule has 0 atom stereocenters. The minimum absolute atomic E-state index is 0.0498. The Labute approximate surface area is 218 Å². The van der Waals surface area contributed by atoms with E-state index in [1.165, 1.54) is 41.6 Å². The summed E-state index contributed by atoms with van der Waals surface area (Å²) < 4.78 is 38.8. The van der Waals surface area contributed by atoms with Gasteiger partial charge in [0.25, 0.3) is 0 Å². The van der Waals surface area contributed by atoms with Crippen molar-refractivity contribution in [2.24, 2.45) is 0 Å². The molecule has 12 heteroatoms. The van der Waals surface area contributed by atoms with Gasteiger partial charge in [-0.15, -0.1) is 0 Å². The van der Waals surface area contributed by atoms with Crippen LogP contribution >= 0.6 is 7.75 Å². The lowest BCUT2D eigenvalue weighted by Gasteiger charge is -2.15. The molecule has 1 aromatic heterocycles. The zero-order valence-corrected chi connectivity index (χ0v) is 22.2. The smallest absolute Gasteiger partial charge is 0.427 e. The molecule has 0 aliphatic heterocycles. The van der Waals surface area contributed by atoms with Gasteiger partial charge in [0.15, 0.2) is 11.5 Å². The quantitative estimate of drug-likeness (QED) is 0.165. The summed E-state index contributed by atoms with van der Waals surface area (Å²) in [6, 6.07) is 13.2. The molecule has 4 aromatic rings. The third-order valence-electron chi connectivity index (χ3n) is 5.91. The van der Waals surface area contributed by atoms with Crippen LogP contribution in [-0.4, -0.2) is 56.1 Å². The number of fused-ring (bicyclic) bond motifs is 1. The van der Waals surface area contributed by atoms with E-state index in [9.17, 15) is 19.1 Å². The van der Waals surface area contributed by atoms with E-state index in [2.05, 4.69) is 10.1 Å². The summed E-state index contributed by atoms with van der Waals surface area (Å²) in [7, 11) is 2.62. The van der Waals surface area contributed by atoms with Gasteiger partial charge in [0.2, 0.25) is 11.5 Å². The fraction of sp³-hybridized carbons (Fsp3) is 0.192. The Balaban J connectivity index is 2.00. The number of benzene rings is 3. The molecule has 0 bridgehead atoms. The third kappa shape index (κ3) is 4.99. The molecule has 38 heavy (non-hydrogen) atoms. The number of methoxy groups -OCH3 is 5. The summed E-state index contributed by atoms with van der Waals surface area (Å²) in [4.78, 5) is 36.2. The van der Waals surface area contributed by atoms with Gasteiger partial charge in [-0.3, -0.25) is 9.88 Å². The number of ether oxygens (including phenoxy) is 5. The topological polar surface area (TPSA) is 149 Å². The highest BCUT2D eigenvalue weighted by molar-refractivity contribution is 7.53. The van der Waals surface area contributed by atoms with Gasteiger partial charge in [0, 0.05) is 11.1 Å². The molecule has 0 fully saturated rings. The maximum Gasteiger partial charge on any atom is 0.427 e. The first kappa shape index (κ1) is 26.9. The molecular formula is C26H27N2O9P. The Kier molecular flexibility index (Phi) is 7.54. The van der Waals surface area contributed by atoms with E-state index in [0.717, 1.165) is 0 Å². The number of aromatic amines is 1. The molecule has 4 rings (SSSR count). The fourth-order valence-corrected chi connectivity index (χ4v) is 4.80. The van der Waals surface area contributed by atoms with Crippen molar-refractivity contribution in [3.63, 3.8) is 0 Å². The number of ketones is 1. The van der Waals surface area contributed by atoms with Crippen molar-refractivity contribution >= 4 is 30.1 Å². The Morgan fingerprint density at radius 2 is 1.45 bits per heavy atom. The Morgan fingerprint density at radius 3 is 2.00 bits per heavy atom. The Morgan fingerprint density at radius 1 is 0.816 bits per heavy atom. The molecule has 11 nitrogen and oxygen atoms in total. The number of carbonyl (C=O) groups is 1. The van der Waals surface area contributed by atoms with E-state index in [1.54, 1.807) is 42.5 Å². The molecular weight excluding hydrogens is 515 g/mol. The van der Waals surface area contributed by atoms with Crippen molar-refractivity contribution < 1.29 is 42.8 Å². The number of rotatable bonds is 10. The first-order chi connectivity index (χ1) is 18.1. The molecule has 0 unspecified atom stereocenters. The maximum atomic E-state index is 14.0. The van der Waals surface area contributed by atoms with Crippen LogP contribution in [0.5, 0.6) is 28.7 Å². The number of hydrogen-bond donors (Lipinski definition) is 4. The predicted octanol–water partition coefficient (Wildman–Crippen LogP) is 4.61. The largest absolute Gasteiger partial charge is 0.496 e. The van der Waals surface area contributed by atoms with E-state index in [0.29, 0.717) is 45.0 Å². The van der Waals surface area contributed by atoms with Gasteiger partial charge in [0.1, 0.15) is 11.5 Å². The molecule has 200 valence electrons.